The highest BCUT2D eigenvalue weighted by Crippen LogP contribution is 2.31. The molecule has 3 nitrogen and oxygen atoms in total. The molecule has 1 atom stereocenters. The zero-order valence-electron chi connectivity index (χ0n) is 11.2. The van der Waals surface area contributed by atoms with Crippen molar-refractivity contribution in [3.8, 4) is 0 Å². The van der Waals surface area contributed by atoms with Crippen molar-refractivity contribution < 1.29 is 9.18 Å². The molecular weight excluding hydrogens is 314 g/mol. The van der Waals surface area contributed by atoms with Crippen LogP contribution < -0.4 is 11.1 Å². The molecule has 0 spiro atoms. The van der Waals surface area contributed by atoms with Gasteiger partial charge < -0.3 is 11.1 Å². The Balaban J connectivity index is 2.27. The number of rotatable bonds is 4. The molecule has 0 radical (unpaired) electrons. The molecular formula is C15H13Cl2FN2O. The highest BCUT2D eigenvalue weighted by molar-refractivity contribution is 6.42. The van der Waals surface area contributed by atoms with E-state index < -0.39 is 11.7 Å². The summed E-state index contributed by atoms with van der Waals surface area (Å²) in [4.78, 5) is 11.1. The fourth-order valence-corrected chi connectivity index (χ4v) is 2.46. The Hall–Kier alpha value is -1.78. The van der Waals surface area contributed by atoms with Crippen LogP contribution in [0.2, 0.25) is 10.0 Å². The second-order valence-corrected chi connectivity index (χ2v) is 5.35. The van der Waals surface area contributed by atoms with E-state index in [2.05, 4.69) is 5.32 Å². The van der Waals surface area contributed by atoms with E-state index in [0.29, 0.717) is 15.7 Å². The molecule has 110 valence electrons. The summed E-state index contributed by atoms with van der Waals surface area (Å²) in [6.07, 6.45) is 0. The Kier molecular flexibility index (Phi) is 4.70. The van der Waals surface area contributed by atoms with Crippen LogP contribution in [-0.4, -0.2) is 5.91 Å². The predicted molar refractivity (Wildman–Crippen MR) is 83.4 cm³/mol. The highest BCUT2D eigenvalue weighted by atomic mass is 35.5. The second kappa shape index (κ2) is 6.33. The molecule has 0 fully saturated rings. The third-order valence-electron chi connectivity index (χ3n) is 3.06. The summed E-state index contributed by atoms with van der Waals surface area (Å²) in [5.41, 5.74) is 6.33. The molecule has 2 aromatic rings. The first kappa shape index (κ1) is 15.6. The fraction of sp³-hybridized carbons (Fsp3) is 0.133. The minimum absolute atomic E-state index is 0.163. The normalized spacial score (nSPS) is 12.0. The van der Waals surface area contributed by atoms with Gasteiger partial charge in [0.25, 0.3) is 5.91 Å². The zero-order chi connectivity index (χ0) is 15.6. The van der Waals surface area contributed by atoms with Gasteiger partial charge in [0.15, 0.2) is 0 Å². The number of benzene rings is 2. The monoisotopic (exact) mass is 326 g/mol. The summed E-state index contributed by atoms with van der Waals surface area (Å²) in [5, 5.41) is 4.04. The van der Waals surface area contributed by atoms with E-state index in [1.54, 1.807) is 12.1 Å². The van der Waals surface area contributed by atoms with Gasteiger partial charge in [0, 0.05) is 5.69 Å². The van der Waals surface area contributed by atoms with Crippen molar-refractivity contribution in [2.75, 3.05) is 5.32 Å². The van der Waals surface area contributed by atoms with Gasteiger partial charge in [0.05, 0.1) is 21.7 Å². The number of carbonyl (C=O) groups is 1. The molecule has 0 saturated heterocycles. The molecule has 0 saturated carbocycles. The van der Waals surface area contributed by atoms with Crippen molar-refractivity contribution in [1.82, 2.24) is 0 Å². The van der Waals surface area contributed by atoms with Crippen LogP contribution in [0.5, 0.6) is 0 Å². The summed E-state index contributed by atoms with van der Waals surface area (Å²) in [7, 11) is 0. The lowest BCUT2D eigenvalue weighted by Crippen LogP contribution is -2.14. The molecule has 0 aromatic heterocycles. The van der Waals surface area contributed by atoms with Gasteiger partial charge in [0.2, 0.25) is 0 Å². The molecule has 2 aromatic carbocycles. The van der Waals surface area contributed by atoms with Crippen molar-refractivity contribution >= 4 is 34.8 Å². The molecule has 0 heterocycles. The van der Waals surface area contributed by atoms with Gasteiger partial charge in [-0.15, -0.1) is 0 Å². The Bertz CT molecular complexity index is 691. The number of primary amides is 1. The Morgan fingerprint density at radius 1 is 1.29 bits per heavy atom. The van der Waals surface area contributed by atoms with E-state index in [-0.39, 0.29) is 11.6 Å². The van der Waals surface area contributed by atoms with Crippen LogP contribution in [0.25, 0.3) is 0 Å². The molecule has 3 N–H and O–H groups in total. The van der Waals surface area contributed by atoms with Crippen molar-refractivity contribution in [3.05, 3.63) is 63.4 Å². The van der Waals surface area contributed by atoms with Crippen molar-refractivity contribution in [2.45, 2.75) is 13.0 Å². The number of carbonyl (C=O) groups excluding carboxylic acids is 1. The first-order valence-corrected chi connectivity index (χ1v) is 6.95. The average molecular weight is 327 g/mol. The average Bonchev–Trinajstić information content (AvgIpc) is 2.43. The van der Waals surface area contributed by atoms with Crippen molar-refractivity contribution in [3.63, 3.8) is 0 Å². The van der Waals surface area contributed by atoms with Crippen LogP contribution in [0, 0.1) is 5.82 Å². The zero-order valence-corrected chi connectivity index (χ0v) is 12.7. The van der Waals surface area contributed by atoms with Crippen LogP contribution in [-0.2, 0) is 0 Å². The topological polar surface area (TPSA) is 55.1 Å². The van der Waals surface area contributed by atoms with E-state index in [1.165, 1.54) is 18.2 Å². The van der Waals surface area contributed by atoms with Crippen LogP contribution in [0.15, 0.2) is 36.4 Å². The number of nitrogens with two attached hydrogens (primary N) is 1. The van der Waals surface area contributed by atoms with E-state index in [4.69, 9.17) is 28.9 Å². The number of hydrogen-bond acceptors (Lipinski definition) is 2. The van der Waals surface area contributed by atoms with E-state index >= 15 is 0 Å². The Morgan fingerprint density at radius 2 is 2.00 bits per heavy atom. The fourth-order valence-electron chi connectivity index (χ4n) is 1.99. The van der Waals surface area contributed by atoms with Gasteiger partial charge in [0.1, 0.15) is 5.82 Å². The summed E-state index contributed by atoms with van der Waals surface area (Å²) in [6, 6.07) is 9.23. The van der Waals surface area contributed by atoms with E-state index in [0.717, 1.165) is 5.56 Å². The van der Waals surface area contributed by atoms with Gasteiger partial charge in [-0.2, -0.15) is 0 Å². The maximum atomic E-state index is 13.4. The lowest BCUT2D eigenvalue weighted by Gasteiger charge is -2.18. The molecule has 0 aliphatic heterocycles. The third kappa shape index (κ3) is 3.46. The predicted octanol–water partition coefficient (Wildman–Crippen LogP) is 4.40. The van der Waals surface area contributed by atoms with Crippen LogP contribution in [0.1, 0.15) is 28.9 Å². The first-order chi connectivity index (χ1) is 9.90. The Morgan fingerprint density at radius 3 is 2.67 bits per heavy atom. The van der Waals surface area contributed by atoms with Crippen LogP contribution in [0.3, 0.4) is 0 Å². The standard InChI is InChI=1S/C15H13Cl2FN2O/c1-8(10-3-2-4-12(16)14(10)17)20-9-5-6-13(18)11(7-9)15(19)21/h2-8,20H,1H3,(H2,19,21). The molecule has 21 heavy (non-hydrogen) atoms. The van der Waals surface area contributed by atoms with E-state index in [1.807, 2.05) is 13.0 Å². The number of anilines is 1. The SMILES string of the molecule is CC(Nc1ccc(F)c(C(N)=O)c1)c1cccc(Cl)c1Cl. The largest absolute Gasteiger partial charge is 0.378 e. The molecule has 0 bridgehead atoms. The van der Waals surface area contributed by atoms with Crippen LogP contribution in [0.4, 0.5) is 10.1 Å². The van der Waals surface area contributed by atoms with Crippen LogP contribution >= 0.6 is 23.2 Å². The molecule has 1 amide bonds. The molecule has 0 aliphatic rings. The second-order valence-electron chi connectivity index (χ2n) is 4.57. The van der Waals surface area contributed by atoms with Gasteiger partial charge in [-0.3, -0.25) is 4.79 Å². The maximum absolute atomic E-state index is 13.4. The van der Waals surface area contributed by atoms with E-state index in [9.17, 15) is 9.18 Å². The quantitative estimate of drug-likeness (QED) is 0.874. The van der Waals surface area contributed by atoms with Gasteiger partial charge in [-0.1, -0.05) is 35.3 Å². The summed E-state index contributed by atoms with van der Waals surface area (Å²) in [6.45, 7) is 1.88. The summed E-state index contributed by atoms with van der Waals surface area (Å²) < 4.78 is 13.4. The lowest BCUT2D eigenvalue weighted by molar-refractivity contribution is 0.0996. The van der Waals surface area contributed by atoms with Crippen molar-refractivity contribution in [2.24, 2.45) is 5.73 Å². The summed E-state index contributed by atoms with van der Waals surface area (Å²) >= 11 is 12.1. The summed E-state index contributed by atoms with van der Waals surface area (Å²) in [5.74, 6) is -1.47. The molecule has 6 heteroatoms. The number of nitrogens with one attached hydrogen (secondary N) is 1. The maximum Gasteiger partial charge on any atom is 0.251 e. The molecule has 0 aliphatic carbocycles. The molecule has 1 unspecified atom stereocenters. The Labute approximate surface area is 131 Å². The minimum atomic E-state index is -0.815. The highest BCUT2D eigenvalue weighted by Gasteiger charge is 2.14. The first-order valence-electron chi connectivity index (χ1n) is 6.20. The minimum Gasteiger partial charge on any atom is -0.378 e. The van der Waals surface area contributed by atoms with Crippen molar-refractivity contribution in [1.29, 1.82) is 0 Å². The van der Waals surface area contributed by atoms with Gasteiger partial charge in [-0.05, 0) is 36.8 Å². The smallest absolute Gasteiger partial charge is 0.251 e. The molecule has 2 rings (SSSR count). The van der Waals surface area contributed by atoms with Gasteiger partial charge in [-0.25, -0.2) is 4.39 Å². The number of halogens is 3. The van der Waals surface area contributed by atoms with Gasteiger partial charge >= 0.3 is 0 Å². The number of hydrogen-bond donors (Lipinski definition) is 2. The third-order valence-corrected chi connectivity index (χ3v) is 3.90. The lowest BCUT2D eigenvalue weighted by atomic mass is 10.1. The number of amides is 1.